The van der Waals surface area contributed by atoms with Gasteiger partial charge < -0.3 is 4.90 Å². The number of thiophene rings is 1. The van der Waals surface area contributed by atoms with Gasteiger partial charge in [0, 0.05) is 19.3 Å². The van der Waals surface area contributed by atoms with Gasteiger partial charge in [-0.3, -0.25) is 9.48 Å². The molecule has 0 atom stereocenters. The molecule has 0 aromatic carbocycles. The lowest BCUT2D eigenvalue weighted by Crippen LogP contribution is -2.37. The molecule has 0 radical (unpaired) electrons. The molecule has 0 N–H and O–H groups in total. The van der Waals surface area contributed by atoms with Crippen molar-refractivity contribution in [2.75, 3.05) is 13.1 Å². The van der Waals surface area contributed by atoms with Gasteiger partial charge in [0.15, 0.2) is 0 Å². The zero-order valence-electron chi connectivity index (χ0n) is 10.8. The molecule has 1 saturated heterocycles. The quantitative estimate of drug-likeness (QED) is 0.863. The molecule has 0 aliphatic carbocycles. The van der Waals surface area contributed by atoms with E-state index in [-0.39, 0.29) is 5.91 Å². The van der Waals surface area contributed by atoms with E-state index in [1.54, 1.807) is 16.0 Å². The Labute approximate surface area is 116 Å². The van der Waals surface area contributed by atoms with Crippen molar-refractivity contribution >= 4 is 17.2 Å². The number of hydrogen-bond donors (Lipinski definition) is 0. The van der Waals surface area contributed by atoms with E-state index < -0.39 is 0 Å². The van der Waals surface area contributed by atoms with Crippen LogP contribution in [-0.2, 0) is 11.3 Å². The van der Waals surface area contributed by atoms with E-state index in [1.807, 2.05) is 34.7 Å². The Bertz CT molecular complexity index is 541. The van der Waals surface area contributed by atoms with Crippen LogP contribution < -0.4 is 0 Å². The Morgan fingerprint density at radius 1 is 1.26 bits per heavy atom. The molecule has 0 spiro atoms. The summed E-state index contributed by atoms with van der Waals surface area (Å²) in [6.45, 7) is 2.15. The Balaban J connectivity index is 1.65. The van der Waals surface area contributed by atoms with Gasteiger partial charge in [-0.2, -0.15) is 5.10 Å². The normalized spacial score (nSPS) is 15.7. The van der Waals surface area contributed by atoms with Crippen LogP contribution in [-0.4, -0.2) is 33.7 Å². The number of nitrogens with zero attached hydrogens (tertiary/aromatic N) is 3. The fourth-order valence-electron chi connectivity index (χ4n) is 2.39. The Hall–Kier alpha value is -1.62. The van der Waals surface area contributed by atoms with E-state index in [0.717, 1.165) is 36.5 Å². The molecule has 19 heavy (non-hydrogen) atoms. The molecule has 5 heteroatoms. The molecule has 2 aromatic rings. The highest BCUT2D eigenvalue weighted by atomic mass is 32.1. The molecule has 0 bridgehead atoms. The van der Waals surface area contributed by atoms with Gasteiger partial charge in [0.1, 0.15) is 12.2 Å². The second-order valence-electron chi connectivity index (χ2n) is 4.82. The highest BCUT2D eigenvalue weighted by Crippen LogP contribution is 2.22. The molecule has 1 fully saturated rings. The fourth-order valence-corrected chi connectivity index (χ4v) is 3.08. The minimum absolute atomic E-state index is 0.181. The van der Waals surface area contributed by atoms with Crippen molar-refractivity contribution < 1.29 is 4.79 Å². The predicted octanol–water partition coefficient (Wildman–Crippen LogP) is 2.62. The number of hydrogen-bond acceptors (Lipinski definition) is 3. The third-order valence-electron chi connectivity index (χ3n) is 3.42. The number of piperidine rings is 1. The van der Waals surface area contributed by atoms with Gasteiger partial charge >= 0.3 is 0 Å². The van der Waals surface area contributed by atoms with Crippen LogP contribution >= 0.6 is 11.3 Å². The third-order valence-corrected chi connectivity index (χ3v) is 4.31. The Morgan fingerprint density at radius 3 is 2.84 bits per heavy atom. The maximum Gasteiger partial charge on any atom is 0.244 e. The van der Waals surface area contributed by atoms with Gasteiger partial charge in [0.2, 0.25) is 5.91 Å². The lowest BCUT2D eigenvalue weighted by Gasteiger charge is -2.26. The summed E-state index contributed by atoms with van der Waals surface area (Å²) >= 11 is 1.67. The Morgan fingerprint density at radius 2 is 2.11 bits per heavy atom. The molecule has 0 unspecified atom stereocenters. The van der Waals surface area contributed by atoms with Crippen LogP contribution in [0.5, 0.6) is 0 Å². The van der Waals surface area contributed by atoms with Gasteiger partial charge in [0.25, 0.3) is 0 Å². The minimum atomic E-state index is 0.181. The summed E-state index contributed by atoms with van der Waals surface area (Å²) in [6, 6.07) is 6.02. The molecule has 2 aromatic heterocycles. The van der Waals surface area contributed by atoms with E-state index in [1.165, 1.54) is 6.42 Å². The van der Waals surface area contributed by atoms with E-state index >= 15 is 0 Å². The molecule has 3 rings (SSSR count). The molecule has 1 aliphatic heterocycles. The summed E-state index contributed by atoms with van der Waals surface area (Å²) < 4.78 is 1.74. The number of amides is 1. The summed E-state index contributed by atoms with van der Waals surface area (Å²) in [5.41, 5.74) is 0.946. The summed E-state index contributed by atoms with van der Waals surface area (Å²) in [7, 11) is 0. The van der Waals surface area contributed by atoms with Crippen molar-refractivity contribution in [3.8, 4) is 10.6 Å². The SMILES string of the molecule is O=C(Cn1ccc(-c2cccs2)n1)N1CCCCC1. The molecular weight excluding hydrogens is 258 g/mol. The summed E-state index contributed by atoms with van der Waals surface area (Å²) in [5.74, 6) is 0.181. The summed E-state index contributed by atoms with van der Waals surface area (Å²) in [6.07, 6.45) is 5.39. The van der Waals surface area contributed by atoms with Crippen molar-refractivity contribution in [3.63, 3.8) is 0 Å². The molecule has 1 aliphatic rings. The average molecular weight is 275 g/mol. The summed E-state index contributed by atoms with van der Waals surface area (Å²) in [4.78, 5) is 15.2. The molecule has 0 saturated carbocycles. The lowest BCUT2D eigenvalue weighted by atomic mass is 10.1. The number of rotatable bonds is 3. The maximum absolute atomic E-state index is 12.1. The smallest absolute Gasteiger partial charge is 0.244 e. The van der Waals surface area contributed by atoms with Crippen LogP contribution in [0.4, 0.5) is 0 Å². The van der Waals surface area contributed by atoms with Crippen LogP contribution in [0.3, 0.4) is 0 Å². The number of aromatic nitrogens is 2. The van der Waals surface area contributed by atoms with Gasteiger partial charge in [-0.1, -0.05) is 6.07 Å². The topological polar surface area (TPSA) is 38.1 Å². The highest BCUT2D eigenvalue weighted by Gasteiger charge is 2.17. The van der Waals surface area contributed by atoms with Gasteiger partial charge in [-0.25, -0.2) is 0 Å². The third kappa shape index (κ3) is 2.87. The number of carbonyl (C=O) groups is 1. The second-order valence-corrected chi connectivity index (χ2v) is 5.77. The predicted molar refractivity (Wildman–Crippen MR) is 76.0 cm³/mol. The zero-order chi connectivity index (χ0) is 13.1. The monoisotopic (exact) mass is 275 g/mol. The summed E-state index contributed by atoms with van der Waals surface area (Å²) in [5, 5.41) is 6.50. The minimum Gasteiger partial charge on any atom is -0.341 e. The van der Waals surface area contributed by atoms with Crippen molar-refractivity contribution in [1.29, 1.82) is 0 Å². The van der Waals surface area contributed by atoms with Crippen molar-refractivity contribution in [2.24, 2.45) is 0 Å². The highest BCUT2D eigenvalue weighted by molar-refractivity contribution is 7.13. The van der Waals surface area contributed by atoms with E-state index in [9.17, 15) is 4.79 Å². The van der Waals surface area contributed by atoms with Crippen molar-refractivity contribution in [3.05, 3.63) is 29.8 Å². The zero-order valence-corrected chi connectivity index (χ0v) is 11.6. The van der Waals surface area contributed by atoms with E-state index in [0.29, 0.717) is 6.54 Å². The molecular formula is C14H17N3OS. The van der Waals surface area contributed by atoms with Crippen molar-refractivity contribution in [2.45, 2.75) is 25.8 Å². The fraction of sp³-hybridized carbons (Fsp3) is 0.429. The number of carbonyl (C=O) groups excluding carboxylic acids is 1. The second kappa shape index (κ2) is 5.57. The standard InChI is InChI=1S/C14H17N3OS/c18-14(16-7-2-1-3-8-16)11-17-9-6-12(15-17)13-5-4-10-19-13/h4-6,9-10H,1-3,7-8,11H2. The average Bonchev–Trinajstić information content (AvgIpc) is 3.10. The van der Waals surface area contributed by atoms with Crippen molar-refractivity contribution in [1.82, 2.24) is 14.7 Å². The Kier molecular flexibility index (Phi) is 3.64. The van der Waals surface area contributed by atoms with Gasteiger partial charge in [-0.05, 0) is 36.8 Å². The molecule has 3 heterocycles. The largest absolute Gasteiger partial charge is 0.341 e. The molecule has 4 nitrogen and oxygen atoms in total. The first kappa shape index (κ1) is 12.4. The molecule has 1 amide bonds. The van der Waals surface area contributed by atoms with Crippen LogP contribution in [0.25, 0.3) is 10.6 Å². The van der Waals surface area contributed by atoms with Crippen LogP contribution in [0.15, 0.2) is 29.8 Å². The lowest BCUT2D eigenvalue weighted by molar-refractivity contribution is -0.132. The van der Waals surface area contributed by atoms with E-state index in [2.05, 4.69) is 5.10 Å². The van der Waals surface area contributed by atoms with Crippen LogP contribution in [0.2, 0.25) is 0 Å². The maximum atomic E-state index is 12.1. The van der Waals surface area contributed by atoms with E-state index in [4.69, 9.17) is 0 Å². The first-order valence-corrected chi connectivity index (χ1v) is 7.56. The molecule has 100 valence electrons. The first-order valence-electron chi connectivity index (χ1n) is 6.68. The van der Waals surface area contributed by atoms with Crippen LogP contribution in [0, 0.1) is 0 Å². The van der Waals surface area contributed by atoms with Gasteiger partial charge in [0.05, 0.1) is 4.88 Å². The van der Waals surface area contributed by atoms with Crippen LogP contribution in [0.1, 0.15) is 19.3 Å². The van der Waals surface area contributed by atoms with Gasteiger partial charge in [-0.15, -0.1) is 11.3 Å². The first-order chi connectivity index (χ1) is 9.33. The number of likely N-dealkylation sites (tertiary alicyclic amines) is 1.